The number of fused-ring (bicyclic) bond motifs is 2. The van der Waals surface area contributed by atoms with Crippen LogP contribution in [0.15, 0.2) is 65.8 Å². The lowest BCUT2D eigenvalue weighted by Crippen LogP contribution is -2.17. The molecule has 0 aliphatic carbocycles. The van der Waals surface area contributed by atoms with Crippen molar-refractivity contribution in [3.05, 3.63) is 71.8 Å². The van der Waals surface area contributed by atoms with Gasteiger partial charge in [0.1, 0.15) is 0 Å². The summed E-state index contributed by atoms with van der Waals surface area (Å²) >= 11 is 0. The Kier molecular flexibility index (Phi) is 5.61. The molecule has 7 nitrogen and oxygen atoms in total. The summed E-state index contributed by atoms with van der Waals surface area (Å²) in [5.74, 6) is 0.348. The van der Waals surface area contributed by atoms with Crippen molar-refractivity contribution in [1.29, 1.82) is 0 Å². The summed E-state index contributed by atoms with van der Waals surface area (Å²) in [4.78, 5) is 29.2. The molecule has 152 valence electrons. The Labute approximate surface area is 172 Å². The maximum absolute atomic E-state index is 12.3. The van der Waals surface area contributed by atoms with Gasteiger partial charge in [0.05, 0.1) is 5.71 Å². The molecular formula is C23H19NO6. The van der Waals surface area contributed by atoms with E-state index in [0.29, 0.717) is 22.8 Å². The van der Waals surface area contributed by atoms with Crippen LogP contribution in [0.5, 0.6) is 11.5 Å². The smallest absolute Gasteiger partial charge is 0.347 e. The largest absolute Gasteiger partial charge is 0.455 e. The van der Waals surface area contributed by atoms with Gasteiger partial charge < -0.3 is 19.0 Å². The average molecular weight is 405 g/mol. The van der Waals surface area contributed by atoms with Gasteiger partial charge in [0.2, 0.25) is 13.4 Å². The first kappa shape index (κ1) is 19.4. The number of esters is 1. The van der Waals surface area contributed by atoms with Gasteiger partial charge in [-0.1, -0.05) is 41.6 Å². The lowest BCUT2D eigenvalue weighted by atomic mass is 10.0. The van der Waals surface area contributed by atoms with Gasteiger partial charge in [-0.3, -0.25) is 4.79 Å². The zero-order valence-corrected chi connectivity index (χ0v) is 16.3. The van der Waals surface area contributed by atoms with E-state index in [1.165, 1.54) is 0 Å². The third-order valence-corrected chi connectivity index (χ3v) is 4.61. The molecule has 0 unspecified atom stereocenters. The van der Waals surface area contributed by atoms with Gasteiger partial charge in [-0.25, -0.2) is 4.79 Å². The number of rotatable bonds is 7. The van der Waals surface area contributed by atoms with Gasteiger partial charge in [0, 0.05) is 11.1 Å². The standard InChI is InChI=1S/C23H19NO6/c1-15(17-8-9-21-22(11-17)29-14-28-21)24-30-13-23(26)27-12-20(25)19-7-6-16-4-2-3-5-18(16)10-19/h2-11H,12-14H2,1H3/b24-15-. The van der Waals surface area contributed by atoms with Crippen LogP contribution in [0.3, 0.4) is 0 Å². The number of benzene rings is 3. The van der Waals surface area contributed by atoms with Crippen LogP contribution in [-0.4, -0.2) is 37.5 Å². The van der Waals surface area contributed by atoms with Gasteiger partial charge in [0.25, 0.3) is 0 Å². The lowest BCUT2D eigenvalue weighted by molar-refractivity contribution is -0.147. The molecule has 0 N–H and O–H groups in total. The second-order valence-electron chi connectivity index (χ2n) is 6.66. The molecule has 1 aliphatic heterocycles. The minimum Gasteiger partial charge on any atom is -0.455 e. The van der Waals surface area contributed by atoms with Crippen LogP contribution in [0.4, 0.5) is 0 Å². The minimum atomic E-state index is -0.675. The van der Waals surface area contributed by atoms with E-state index in [0.717, 1.165) is 16.3 Å². The molecule has 4 rings (SSSR count). The fraction of sp³-hybridized carbons (Fsp3) is 0.174. The van der Waals surface area contributed by atoms with E-state index >= 15 is 0 Å². The predicted octanol–water partition coefficient (Wildman–Crippen LogP) is 3.74. The maximum atomic E-state index is 12.3. The number of oxime groups is 1. The van der Waals surface area contributed by atoms with Crippen LogP contribution < -0.4 is 9.47 Å². The molecule has 0 atom stereocenters. The summed E-state index contributed by atoms with van der Waals surface area (Å²) in [7, 11) is 0. The Balaban J connectivity index is 1.27. The van der Waals surface area contributed by atoms with Gasteiger partial charge in [-0.15, -0.1) is 0 Å². The molecule has 0 bridgehead atoms. The molecule has 3 aromatic rings. The van der Waals surface area contributed by atoms with Gasteiger partial charge >= 0.3 is 5.97 Å². The zero-order valence-electron chi connectivity index (χ0n) is 16.3. The van der Waals surface area contributed by atoms with Crippen LogP contribution in [-0.2, 0) is 14.4 Å². The highest BCUT2D eigenvalue weighted by Gasteiger charge is 2.15. The molecule has 0 saturated heterocycles. The van der Waals surface area contributed by atoms with Crippen LogP contribution >= 0.6 is 0 Å². The second-order valence-corrected chi connectivity index (χ2v) is 6.66. The first-order chi connectivity index (χ1) is 14.6. The maximum Gasteiger partial charge on any atom is 0.347 e. The average Bonchev–Trinajstić information content (AvgIpc) is 3.25. The van der Waals surface area contributed by atoms with E-state index in [1.54, 1.807) is 31.2 Å². The molecule has 0 fully saturated rings. The zero-order chi connectivity index (χ0) is 20.9. The van der Waals surface area contributed by atoms with Crippen molar-refractivity contribution < 1.29 is 28.6 Å². The molecule has 0 spiro atoms. The van der Waals surface area contributed by atoms with E-state index in [2.05, 4.69) is 5.16 Å². The Morgan fingerprint density at radius 3 is 2.53 bits per heavy atom. The van der Waals surface area contributed by atoms with E-state index in [9.17, 15) is 9.59 Å². The summed E-state index contributed by atoms with van der Waals surface area (Å²) in [6, 6.07) is 18.5. The number of carbonyl (C=O) groups is 2. The van der Waals surface area contributed by atoms with Crippen molar-refractivity contribution in [2.45, 2.75) is 6.92 Å². The Hall–Kier alpha value is -3.87. The first-order valence-corrected chi connectivity index (χ1v) is 9.34. The molecule has 30 heavy (non-hydrogen) atoms. The van der Waals surface area contributed by atoms with Gasteiger partial charge in [-0.2, -0.15) is 0 Å². The first-order valence-electron chi connectivity index (χ1n) is 9.34. The van der Waals surface area contributed by atoms with Crippen molar-refractivity contribution in [1.82, 2.24) is 0 Å². The van der Waals surface area contributed by atoms with Crippen molar-refractivity contribution in [3.63, 3.8) is 0 Å². The van der Waals surface area contributed by atoms with E-state index in [-0.39, 0.29) is 19.2 Å². The Morgan fingerprint density at radius 1 is 0.900 bits per heavy atom. The van der Waals surface area contributed by atoms with Crippen LogP contribution in [0.2, 0.25) is 0 Å². The number of nitrogens with zero attached hydrogens (tertiary/aromatic N) is 1. The van der Waals surface area contributed by atoms with Crippen molar-refractivity contribution >= 4 is 28.2 Å². The number of Topliss-reactive ketones (excluding diaryl/α,β-unsaturated/α-hetero) is 1. The molecule has 1 heterocycles. The molecule has 3 aromatic carbocycles. The minimum absolute atomic E-state index is 0.190. The number of hydrogen-bond donors (Lipinski definition) is 0. The van der Waals surface area contributed by atoms with E-state index < -0.39 is 12.6 Å². The highest BCUT2D eigenvalue weighted by Crippen LogP contribution is 2.32. The van der Waals surface area contributed by atoms with Crippen molar-refractivity contribution in [2.24, 2.45) is 5.16 Å². The van der Waals surface area contributed by atoms with Crippen LogP contribution in [0.25, 0.3) is 10.8 Å². The molecule has 0 aromatic heterocycles. The highest BCUT2D eigenvalue weighted by molar-refractivity contribution is 6.01. The number of carbonyl (C=O) groups excluding carboxylic acids is 2. The summed E-state index contributed by atoms with van der Waals surface area (Å²) in [6.07, 6.45) is 0. The fourth-order valence-electron chi connectivity index (χ4n) is 2.99. The molecule has 7 heteroatoms. The Morgan fingerprint density at radius 2 is 1.67 bits per heavy atom. The monoisotopic (exact) mass is 405 g/mol. The number of hydrogen-bond acceptors (Lipinski definition) is 7. The van der Waals surface area contributed by atoms with Gasteiger partial charge in [-0.05, 0) is 42.0 Å². The summed E-state index contributed by atoms with van der Waals surface area (Å²) in [6.45, 7) is 1.18. The predicted molar refractivity (Wildman–Crippen MR) is 110 cm³/mol. The fourth-order valence-corrected chi connectivity index (χ4v) is 2.99. The Bertz CT molecular complexity index is 1140. The quantitative estimate of drug-likeness (QED) is 0.258. The summed E-state index contributed by atoms with van der Waals surface area (Å²) < 4.78 is 15.6. The van der Waals surface area contributed by atoms with Gasteiger partial charge in [0.15, 0.2) is 23.9 Å². The third kappa shape index (κ3) is 4.41. The summed E-state index contributed by atoms with van der Waals surface area (Å²) in [5, 5.41) is 5.90. The lowest BCUT2D eigenvalue weighted by Gasteiger charge is -2.06. The van der Waals surface area contributed by atoms with E-state index in [1.807, 2.05) is 36.4 Å². The SMILES string of the molecule is C/C(=N/OCC(=O)OCC(=O)c1ccc2ccccc2c1)c1ccc2c(c1)OCO2. The summed E-state index contributed by atoms with van der Waals surface area (Å²) in [5.41, 5.74) is 1.83. The molecule has 0 saturated carbocycles. The molecule has 0 amide bonds. The highest BCUT2D eigenvalue weighted by atomic mass is 16.7. The number of ether oxygens (including phenoxy) is 3. The van der Waals surface area contributed by atoms with E-state index in [4.69, 9.17) is 19.0 Å². The molecular weight excluding hydrogens is 386 g/mol. The van der Waals surface area contributed by atoms with Crippen molar-refractivity contribution in [3.8, 4) is 11.5 Å². The second kappa shape index (κ2) is 8.65. The number of ketones is 1. The van der Waals surface area contributed by atoms with Crippen molar-refractivity contribution in [2.75, 3.05) is 20.0 Å². The van der Waals surface area contributed by atoms with Crippen LogP contribution in [0.1, 0.15) is 22.8 Å². The third-order valence-electron chi connectivity index (χ3n) is 4.61. The van der Waals surface area contributed by atoms with Crippen LogP contribution in [0, 0.1) is 0 Å². The molecule has 0 radical (unpaired) electrons. The normalized spacial score (nSPS) is 12.6. The molecule has 1 aliphatic rings. The topological polar surface area (TPSA) is 83.4 Å².